The van der Waals surface area contributed by atoms with Crippen molar-refractivity contribution < 1.29 is 14.3 Å². The summed E-state index contributed by atoms with van der Waals surface area (Å²) in [5.41, 5.74) is 3.20. The molecule has 0 unspecified atom stereocenters. The summed E-state index contributed by atoms with van der Waals surface area (Å²) < 4.78 is 6.83. The molecule has 25 heavy (non-hydrogen) atoms. The molecule has 2 aromatic carbocycles. The third-order valence-corrected chi connectivity index (χ3v) is 5.56. The Hall–Kier alpha value is -1.80. The van der Waals surface area contributed by atoms with E-state index in [0.29, 0.717) is 11.5 Å². The lowest BCUT2D eigenvalue weighted by molar-refractivity contribution is -0.121. The zero-order chi connectivity index (χ0) is 18.0. The largest absolute Gasteiger partial charge is 0.488 e. The van der Waals surface area contributed by atoms with Crippen molar-refractivity contribution in [3.63, 3.8) is 0 Å². The number of hydrogen-bond acceptors (Lipinski definition) is 4. The Bertz CT molecular complexity index is 861. The van der Waals surface area contributed by atoms with Crippen molar-refractivity contribution in [3.8, 4) is 5.75 Å². The Balaban J connectivity index is 1.72. The van der Waals surface area contributed by atoms with E-state index in [0.717, 1.165) is 37.1 Å². The van der Waals surface area contributed by atoms with Crippen LogP contribution in [-0.4, -0.2) is 23.1 Å². The van der Waals surface area contributed by atoms with Gasteiger partial charge < -0.3 is 4.74 Å². The first kappa shape index (κ1) is 18.0. The van der Waals surface area contributed by atoms with Crippen molar-refractivity contribution in [1.82, 2.24) is 4.90 Å². The second-order valence-corrected chi connectivity index (χ2v) is 7.86. The third-order valence-electron chi connectivity index (χ3n) is 3.76. The molecule has 0 aromatic heterocycles. The number of carbonyl (C=O) groups is 2. The van der Waals surface area contributed by atoms with Crippen LogP contribution in [0.2, 0.25) is 0 Å². The fraction of sp³-hybridized carbons (Fsp3) is 0.158. The number of thioether (sulfide) groups is 1. The van der Waals surface area contributed by atoms with E-state index < -0.39 is 0 Å². The highest BCUT2D eigenvalue weighted by Crippen LogP contribution is 2.32. The lowest BCUT2D eigenvalue weighted by Crippen LogP contribution is -2.22. The number of imide groups is 1. The first-order valence-corrected chi connectivity index (χ1v) is 9.53. The van der Waals surface area contributed by atoms with E-state index in [1.54, 1.807) is 6.08 Å². The second-order valence-electron chi connectivity index (χ2n) is 5.70. The molecule has 0 aliphatic carbocycles. The highest BCUT2D eigenvalue weighted by molar-refractivity contribution is 14.1. The van der Waals surface area contributed by atoms with Crippen LogP contribution in [0.25, 0.3) is 6.08 Å². The quantitative estimate of drug-likeness (QED) is 0.479. The van der Waals surface area contributed by atoms with Crippen molar-refractivity contribution in [2.75, 3.05) is 7.05 Å². The number of aryl methyl sites for hydroxylation is 1. The molecule has 1 heterocycles. The van der Waals surface area contributed by atoms with Crippen LogP contribution in [0.4, 0.5) is 4.79 Å². The number of hydrogen-bond donors (Lipinski definition) is 0. The molecule has 1 fully saturated rings. The van der Waals surface area contributed by atoms with Crippen LogP contribution in [0, 0.1) is 10.5 Å². The molecule has 3 rings (SSSR count). The average molecular weight is 465 g/mol. The Morgan fingerprint density at radius 1 is 1.16 bits per heavy atom. The van der Waals surface area contributed by atoms with Gasteiger partial charge in [-0.15, -0.1) is 0 Å². The number of nitrogens with zero attached hydrogens (tertiary/aromatic N) is 1. The predicted octanol–water partition coefficient (Wildman–Crippen LogP) is 4.84. The Kier molecular flexibility index (Phi) is 5.48. The molecule has 0 bridgehead atoms. The standard InChI is InChI=1S/C19H16INO3S/c1-12-3-5-13(6-4-12)11-24-16-8-7-14(9-15(16)20)10-17-18(22)21(2)19(23)25-17/h3-10H,11H2,1-2H3/b17-10-. The SMILES string of the molecule is Cc1ccc(COc2ccc(/C=C3\SC(=O)N(C)C3=O)cc2I)cc1. The lowest BCUT2D eigenvalue weighted by atomic mass is 10.1. The van der Waals surface area contributed by atoms with Gasteiger partial charge in [-0.2, -0.15) is 0 Å². The molecular weight excluding hydrogens is 449 g/mol. The number of ether oxygens (including phenoxy) is 1. The maximum absolute atomic E-state index is 11.9. The fourth-order valence-electron chi connectivity index (χ4n) is 2.27. The average Bonchev–Trinajstić information content (AvgIpc) is 2.83. The number of likely N-dealkylation sites (N-methyl/N-ethyl adjacent to an activating group) is 1. The van der Waals surface area contributed by atoms with Crippen molar-refractivity contribution in [1.29, 1.82) is 0 Å². The van der Waals surface area contributed by atoms with Gasteiger partial charge in [0, 0.05) is 7.05 Å². The fourth-order valence-corrected chi connectivity index (χ4v) is 3.79. The number of benzene rings is 2. The van der Waals surface area contributed by atoms with Gasteiger partial charge in [-0.05, 0) is 70.6 Å². The molecule has 0 atom stereocenters. The normalized spacial score (nSPS) is 16.0. The van der Waals surface area contributed by atoms with Gasteiger partial charge in [-0.3, -0.25) is 14.5 Å². The van der Waals surface area contributed by atoms with E-state index in [1.807, 2.05) is 18.2 Å². The number of rotatable bonds is 4. The maximum atomic E-state index is 11.9. The Morgan fingerprint density at radius 2 is 1.88 bits per heavy atom. The van der Waals surface area contributed by atoms with E-state index in [1.165, 1.54) is 12.6 Å². The van der Waals surface area contributed by atoms with Gasteiger partial charge in [-0.25, -0.2) is 0 Å². The topological polar surface area (TPSA) is 46.6 Å². The number of amides is 2. The molecule has 2 amide bonds. The summed E-state index contributed by atoms with van der Waals surface area (Å²) in [6, 6.07) is 13.9. The highest BCUT2D eigenvalue weighted by atomic mass is 127. The zero-order valence-corrected chi connectivity index (χ0v) is 16.8. The minimum absolute atomic E-state index is 0.246. The van der Waals surface area contributed by atoms with E-state index in [4.69, 9.17) is 4.74 Å². The maximum Gasteiger partial charge on any atom is 0.293 e. The molecule has 0 radical (unpaired) electrons. The minimum atomic E-state index is -0.260. The highest BCUT2D eigenvalue weighted by Gasteiger charge is 2.31. The van der Waals surface area contributed by atoms with Crippen LogP contribution in [-0.2, 0) is 11.4 Å². The van der Waals surface area contributed by atoms with E-state index in [-0.39, 0.29) is 11.1 Å². The van der Waals surface area contributed by atoms with E-state index in [2.05, 4.69) is 53.8 Å². The molecule has 4 nitrogen and oxygen atoms in total. The van der Waals surface area contributed by atoms with Crippen molar-refractivity contribution in [2.45, 2.75) is 13.5 Å². The van der Waals surface area contributed by atoms with Crippen LogP contribution < -0.4 is 4.74 Å². The van der Waals surface area contributed by atoms with Crippen molar-refractivity contribution in [2.24, 2.45) is 0 Å². The zero-order valence-electron chi connectivity index (χ0n) is 13.8. The summed E-state index contributed by atoms with van der Waals surface area (Å²) >= 11 is 3.17. The molecule has 6 heteroatoms. The second kappa shape index (κ2) is 7.61. The molecule has 0 N–H and O–H groups in total. The summed E-state index contributed by atoms with van der Waals surface area (Å²) in [4.78, 5) is 25.1. The number of halogens is 1. The van der Waals surface area contributed by atoms with Crippen LogP contribution >= 0.6 is 34.4 Å². The summed E-state index contributed by atoms with van der Waals surface area (Å²) in [5, 5.41) is -0.246. The summed E-state index contributed by atoms with van der Waals surface area (Å²) in [5.74, 6) is 0.534. The number of carbonyl (C=O) groups excluding carboxylic acids is 2. The molecule has 1 saturated heterocycles. The molecule has 0 spiro atoms. The third kappa shape index (κ3) is 4.24. The Morgan fingerprint density at radius 3 is 2.48 bits per heavy atom. The molecule has 1 aliphatic heterocycles. The molecule has 128 valence electrons. The summed E-state index contributed by atoms with van der Waals surface area (Å²) in [6.45, 7) is 2.56. The van der Waals surface area contributed by atoms with Gasteiger partial charge in [0.1, 0.15) is 12.4 Å². The molecular formula is C19H16INO3S. The van der Waals surface area contributed by atoms with Gasteiger partial charge in [-0.1, -0.05) is 35.9 Å². The van der Waals surface area contributed by atoms with Gasteiger partial charge in [0.15, 0.2) is 0 Å². The molecule has 1 aliphatic rings. The first-order chi connectivity index (χ1) is 11.9. The van der Waals surface area contributed by atoms with Crippen LogP contribution in [0.1, 0.15) is 16.7 Å². The van der Waals surface area contributed by atoms with Gasteiger partial charge >= 0.3 is 0 Å². The van der Waals surface area contributed by atoms with E-state index in [9.17, 15) is 9.59 Å². The predicted molar refractivity (Wildman–Crippen MR) is 108 cm³/mol. The Labute approximate surface area is 164 Å². The summed E-state index contributed by atoms with van der Waals surface area (Å²) in [7, 11) is 1.49. The lowest BCUT2D eigenvalue weighted by Gasteiger charge is -2.09. The van der Waals surface area contributed by atoms with Crippen LogP contribution in [0.5, 0.6) is 5.75 Å². The first-order valence-electron chi connectivity index (χ1n) is 7.63. The smallest absolute Gasteiger partial charge is 0.293 e. The molecule has 0 saturated carbocycles. The van der Waals surface area contributed by atoms with Crippen LogP contribution in [0.3, 0.4) is 0 Å². The summed E-state index contributed by atoms with van der Waals surface area (Å²) in [6.07, 6.45) is 1.74. The minimum Gasteiger partial charge on any atom is -0.488 e. The van der Waals surface area contributed by atoms with Gasteiger partial charge in [0.2, 0.25) is 0 Å². The monoisotopic (exact) mass is 465 g/mol. The van der Waals surface area contributed by atoms with Crippen molar-refractivity contribution >= 4 is 51.6 Å². The molecule has 2 aromatic rings. The van der Waals surface area contributed by atoms with E-state index >= 15 is 0 Å². The van der Waals surface area contributed by atoms with Crippen LogP contribution in [0.15, 0.2) is 47.4 Å². The van der Waals surface area contributed by atoms with Gasteiger partial charge in [0.05, 0.1) is 8.48 Å². The van der Waals surface area contributed by atoms with Crippen molar-refractivity contribution in [3.05, 3.63) is 67.6 Å². The van der Waals surface area contributed by atoms with Gasteiger partial charge in [0.25, 0.3) is 11.1 Å².